The molecule has 0 spiro atoms. The first-order valence-corrected chi connectivity index (χ1v) is 14.8. The number of anilines is 2. The highest BCUT2D eigenvalue weighted by Gasteiger charge is 2.40. The fraction of sp³-hybridized carbons (Fsp3) is 0.114. The third-order valence-corrected chi connectivity index (χ3v) is 8.20. The van der Waals surface area contributed by atoms with Crippen LogP contribution in [-0.2, 0) is 14.4 Å². The predicted molar refractivity (Wildman–Crippen MR) is 171 cm³/mol. The molecule has 0 aromatic heterocycles. The maximum Gasteiger partial charge on any atom is 0.272 e. The van der Waals surface area contributed by atoms with Gasteiger partial charge in [-0.3, -0.25) is 24.0 Å². The number of hydrogen-bond acceptors (Lipinski definition) is 6. The van der Waals surface area contributed by atoms with Gasteiger partial charge in [-0.15, -0.1) is 11.8 Å². The molecule has 1 unspecified atom stereocenters. The molecule has 2 N–H and O–H groups in total. The molecule has 0 aliphatic carbocycles. The summed E-state index contributed by atoms with van der Waals surface area (Å²) in [6.45, 7) is 3.37. The van der Waals surface area contributed by atoms with E-state index in [1.165, 1.54) is 18.7 Å². The van der Waals surface area contributed by atoms with E-state index in [0.717, 1.165) is 16.0 Å². The summed E-state index contributed by atoms with van der Waals surface area (Å²) in [7, 11) is 0. The van der Waals surface area contributed by atoms with E-state index in [-0.39, 0.29) is 29.7 Å². The molecule has 1 fully saturated rings. The van der Waals surface area contributed by atoms with Crippen molar-refractivity contribution < 1.29 is 24.0 Å². The molecule has 0 saturated carbocycles. The van der Waals surface area contributed by atoms with Crippen LogP contribution in [0, 0.1) is 6.92 Å². The van der Waals surface area contributed by atoms with E-state index in [1.807, 2.05) is 31.2 Å². The molecule has 8 nitrogen and oxygen atoms in total. The Kier molecular flexibility index (Phi) is 9.16. The number of amides is 4. The third kappa shape index (κ3) is 7.02. The summed E-state index contributed by atoms with van der Waals surface area (Å²) < 4.78 is 0. The van der Waals surface area contributed by atoms with Gasteiger partial charge in [0.05, 0.1) is 10.9 Å². The highest BCUT2D eigenvalue weighted by atomic mass is 32.2. The Labute approximate surface area is 259 Å². The molecule has 1 aliphatic rings. The van der Waals surface area contributed by atoms with E-state index in [9.17, 15) is 24.0 Å². The van der Waals surface area contributed by atoms with Crippen LogP contribution in [0.15, 0.2) is 114 Å². The standard InChI is InChI=1S/C35H29N3O5S/c1-22-9-6-7-12-26(22)19-30(37-33(41)25-10-4-3-5-11-25)34(42)36-27-13-8-14-29(20-27)44-31-21-32(40)38(35(31)43)28-17-15-24(16-18-28)23(2)39/h3-20,31H,21H2,1-2H3,(H,36,42)(H,37,41). The number of carbonyl (C=O) groups is 5. The average molecular weight is 604 g/mol. The van der Waals surface area contributed by atoms with Gasteiger partial charge in [-0.1, -0.05) is 48.5 Å². The maximum atomic E-state index is 13.5. The van der Waals surface area contributed by atoms with Crippen LogP contribution in [0.4, 0.5) is 11.4 Å². The van der Waals surface area contributed by atoms with Crippen LogP contribution in [0.2, 0.25) is 0 Å². The normalized spacial score (nSPS) is 14.8. The second-order valence-corrected chi connectivity index (χ2v) is 11.5. The first-order chi connectivity index (χ1) is 21.2. The van der Waals surface area contributed by atoms with Gasteiger partial charge in [0.1, 0.15) is 5.70 Å². The molecule has 9 heteroatoms. The minimum Gasteiger partial charge on any atom is -0.321 e. The Morgan fingerprint density at radius 1 is 0.841 bits per heavy atom. The third-order valence-electron chi connectivity index (χ3n) is 7.02. The van der Waals surface area contributed by atoms with Gasteiger partial charge in [0.25, 0.3) is 11.8 Å². The molecule has 1 saturated heterocycles. The van der Waals surface area contributed by atoms with Crippen LogP contribution < -0.4 is 15.5 Å². The zero-order chi connectivity index (χ0) is 31.2. The SMILES string of the molecule is CC(=O)c1ccc(N2C(=O)CC(Sc3cccc(NC(=O)C(=Cc4ccccc4C)NC(=O)c4ccccc4)c3)C2=O)cc1. The van der Waals surface area contributed by atoms with E-state index in [4.69, 9.17) is 0 Å². The summed E-state index contributed by atoms with van der Waals surface area (Å²) in [4.78, 5) is 65.9. The number of aryl methyl sites for hydroxylation is 1. The van der Waals surface area contributed by atoms with Crippen molar-refractivity contribution in [1.29, 1.82) is 0 Å². The van der Waals surface area contributed by atoms with Crippen LogP contribution in [-0.4, -0.2) is 34.7 Å². The molecule has 5 rings (SSSR count). The summed E-state index contributed by atoms with van der Waals surface area (Å²) in [5.41, 5.74) is 3.56. The van der Waals surface area contributed by atoms with E-state index < -0.39 is 17.1 Å². The highest BCUT2D eigenvalue weighted by Crippen LogP contribution is 2.35. The van der Waals surface area contributed by atoms with Gasteiger partial charge < -0.3 is 10.6 Å². The number of thioether (sulfide) groups is 1. The van der Waals surface area contributed by atoms with Crippen LogP contribution in [0.25, 0.3) is 6.08 Å². The molecule has 0 bridgehead atoms. The summed E-state index contributed by atoms with van der Waals surface area (Å²) in [5.74, 6) is -1.72. The zero-order valence-electron chi connectivity index (χ0n) is 24.1. The van der Waals surface area contributed by atoms with Crippen LogP contribution >= 0.6 is 11.8 Å². The molecular formula is C35H29N3O5S. The minimum absolute atomic E-state index is 0.0172. The van der Waals surface area contributed by atoms with Crippen LogP contribution in [0.1, 0.15) is 45.2 Å². The van der Waals surface area contributed by atoms with E-state index >= 15 is 0 Å². The zero-order valence-corrected chi connectivity index (χ0v) is 24.9. The first-order valence-electron chi connectivity index (χ1n) is 13.9. The lowest BCUT2D eigenvalue weighted by Gasteiger charge is -2.15. The van der Waals surface area contributed by atoms with Gasteiger partial charge in [0.2, 0.25) is 11.8 Å². The number of nitrogens with one attached hydrogen (secondary N) is 2. The van der Waals surface area contributed by atoms with Crippen molar-refractivity contribution in [1.82, 2.24) is 5.32 Å². The average Bonchev–Trinajstić information content (AvgIpc) is 3.30. The van der Waals surface area contributed by atoms with Gasteiger partial charge in [-0.05, 0) is 85.6 Å². The topological polar surface area (TPSA) is 113 Å². The smallest absolute Gasteiger partial charge is 0.272 e. The lowest BCUT2D eigenvalue weighted by atomic mass is 10.1. The largest absolute Gasteiger partial charge is 0.321 e. The number of imide groups is 1. The Bertz CT molecular complexity index is 1780. The van der Waals surface area contributed by atoms with Crippen LogP contribution in [0.5, 0.6) is 0 Å². The number of ketones is 1. The van der Waals surface area contributed by atoms with E-state index in [2.05, 4.69) is 10.6 Å². The van der Waals surface area contributed by atoms with Gasteiger partial charge in [-0.2, -0.15) is 0 Å². The summed E-state index contributed by atoms with van der Waals surface area (Å²) in [5, 5.41) is 4.94. The molecule has 4 amide bonds. The fourth-order valence-electron chi connectivity index (χ4n) is 4.67. The van der Waals surface area contributed by atoms with E-state index in [0.29, 0.717) is 27.4 Å². The van der Waals surface area contributed by atoms with Gasteiger partial charge in [-0.25, -0.2) is 4.90 Å². The van der Waals surface area contributed by atoms with Crippen molar-refractivity contribution in [3.63, 3.8) is 0 Å². The molecule has 220 valence electrons. The molecule has 1 heterocycles. The number of benzene rings is 4. The monoisotopic (exact) mass is 603 g/mol. The fourth-order valence-corrected chi connectivity index (χ4v) is 5.78. The van der Waals surface area contributed by atoms with Crippen molar-refractivity contribution >= 4 is 58.6 Å². The summed E-state index contributed by atoms with van der Waals surface area (Å²) >= 11 is 1.23. The summed E-state index contributed by atoms with van der Waals surface area (Å²) in [6, 6.07) is 29.5. The van der Waals surface area contributed by atoms with Crippen LogP contribution in [0.3, 0.4) is 0 Å². The van der Waals surface area contributed by atoms with Crippen molar-refractivity contribution in [3.8, 4) is 0 Å². The predicted octanol–water partition coefficient (Wildman–Crippen LogP) is 6.03. The number of nitrogens with zero attached hydrogens (tertiary/aromatic N) is 1. The number of hydrogen-bond donors (Lipinski definition) is 2. The molecule has 44 heavy (non-hydrogen) atoms. The van der Waals surface area contributed by atoms with E-state index in [1.54, 1.807) is 84.9 Å². The molecule has 1 aliphatic heterocycles. The van der Waals surface area contributed by atoms with Gasteiger partial charge in [0, 0.05) is 28.1 Å². The van der Waals surface area contributed by atoms with Crippen molar-refractivity contribution in [2.45, 2.75) is 30.4 Å². The molecule has 4 aromatic rings. The lowest BCUT2D eigenvalue weighted by Crippen LogP contribution is -2.31. The first kappa shape index (κ1) is 30.2. The number of rotatable bonds is 9. The Morgan fingerprint density at radius 3 is 2.25 bits per heavy atom. The maximum absolute atomic E-state index is 13.5. The summed E-state index contributed by atoms with van der Waals surface area (Å²) in [6.07, 6.45) is 1.65. The Hall–Kier alpha value is -5.28. The number of Topliss-reactive ketones (excluding diaryl/α,β-unsaturated/α-hetero) is 1. The molecule has 1 atom stereocenters. The minimum atomic E-state index is -0.650. The van der Waals surface area contributed by atoms with Crippen molar-refractivity contribution in [2.75, 3.05) is 10.2 Å². The number of carbonyl (C=O) groups excluding carboxylic acids is 5. The second-order valence-electron chi connectivity index (χ2n) is 10.2. The molecule has 0 radical (unpaired) electrons. The van der Waals surface area contributed by atoms with Gasteiger partial charge in [0.15, 0.2) is 5.78 Å². The van der Waals surface area contributed by atoms with Crippen molar-refractivity contribution in [2.24, 2.45) is 0 Å². The Balaban J connectivity index is 1.32. The highest BCUT2D eigenvalue weighted by molar-refractivity contribution is 8.00. The second kappa shape index (κ2) is 13.4. The molecule has 4 aromatic carbocycles. The van der Waals surface area contributed by atoms with Crippen molar-refractivity contribution in [3.05, 3.63) is 131 Å². The lowest BCUT2D eigenvalue weighted by molar-refractivity contribution is -0.121. The Morgan fingerprint density at radius 2 is 1.55 bits per heavy atom. The quantitative estimate of drug-likeness (QED) is 0.137. The van der Waals surface area contributed by atoms with Gasteiger partial charge >= 0.3 is 0 Å². The molecular weight excluding hydrogens is 574 g/mol.